The van der Waals surface area contributed by atoms with E-state index in [9.17, 15) is 20.1 Å². The molecule has 1 aliphatic carbocycles. The second kappa shape index (κ2) is 4.61. The molecule has 0 aromatic carbocycles. The van der Waals surface area contributed by atoms with E-state index in [0.717, 1.165) is 0 Å². The largest absolute Gasteiger partial charge is 0.495 e. The van der Waals surface area contributed by atoms with Gasteiger partial charge in [0.25, 0.3) is 0 Å². The number of carboxylic acid groups (broad SMARTS) is 1. The summed E-state index contributed by atoms with van der Waals surface area (Å²) >= 11 is 0. The fourth-order valence-electron chi connectivity index (χ4n) is 1.50. The Bertz CT molecular complexity index is 284. The second-order valence-electron chi connectivity index (χ2n) is 3.29. The zero-order chi connectivity index (χ0) is 11.6. The molecule has 0 fully saturated rings. The van der Waals surface area contributed by atoms with Crippen LogP contribution in [0.5, 0.6) is 0 Å². The number of rotatable bonds is 3. The van der Waals surface area contributed by atoms with E-state index in [-0.39, 0.29) is 24.4 Å². The average Bonchev–Trinajstić information content (AvgIpc) is 2.18. The van der Waals surface area contributed by atoms with E-state index in [1.54, 1.807) is 6.92 Å². The van der Waals surface area contributed by atoms with Gasteiger partial charge in [0.2, 0.25) is 0 Å². The van der Waals surface area contributed by atoms with E-state index >= 15 is 0 Å². The van der Waals surface area contributed by atoms with E-state index in [4.69, 9.17) is 9.84 Å². The molecule has 86 valence electrons. The number of carbonyl (C=O) groups is 1. The standard InChI is InChI=1S/C9H14O6/c1-2-15-8-4(9(13)14)3-5(10)6(11)7(8)12/h5-7,10-12H,2-3H2,1H3,(H,13,14). The predicted octanol–water partition coefficient (Wildman–Crippen LogP) is -1.15. The van der Waals surface area contributed by atoms with Crippen LogP contribution >= 0.6 is 0 Å². The first-order chi connectivity index (χ1) is 6.99. The molecule has 3 atom stereocenters. The lowest BCUT2D eigenvalue weighted by Gasteiger charge is -2.30. The highest BCUT2D eigenvalue weighted by Gasteiger charge is 2.38. The predicted molar refractivity (Wildman–Crippen MR) is 48.9 cm³/mol. The summed E-state index contributed by atoms with van der Waals surface area (Å²) in [6.07, 6.45) is -4.41. The maximum atomic E-state index is 10.8. The summed E-state index contributed by atoms with van der Waals surface area (Å²) in [5, 5.41) is 36.9. The summed E-state index contributed by atoms with van der Waals surface area (Å²) in [5.41, 5.74) is -0.192. The van der Waals surface area contributed by atoms with Gasteiger partial charge in [0.15, 0.2) is 0 Å². The quantitative estimate of drug-likeness (QED) is 0.476. The molecule has 0 heterocycles. The molecule has 0 amide bonds. The Labute approximate surface area is 86.4 Å². The van der Waals surface area contributed by atoms with E-state index in [1.807, 2.05) is 0 Å². The smallest absolute Gasteiger partial charge is 0.335 e. The van der Waals surface area contributed by atoms with Crippen molar-refractivity contribution in [2.45, 2.75) is 31.7 Å². The molecule has 0 aromatic heterocycles. The fraction of sp³-hybridized carbons (Fsp3) is 0.667. The molecule has 0 aliphatic heterocycles. The molecule has 0 saturated heterocycles. The van der Waals surface area contributed by atoms with Crippen LogP contribution in [0.15, 0.2) is 11.3 Å². The highest BCUT2D eigenvalue weighted by molar-refractivity contribution is 5.87. The van der Waals surface area contributed by atoms with Crippen LogP contribution in [0.3, 0.4) is 0 Å². The van der Waals surface area contributed by atoms with E-state index in [0.29, 0.717) is 0 Å². The molecule has 0 saturated carbocycles. The van der Waals surface area contributed by atoms with Gasteiger partial charge in [0, 0.05) is 6.42 Å². The Kier molecular flexibility index (Phi) is 3.67. The Morgan fingerprint density at radius 1 is 1.47 bits per heavy atom. The fourth-order valence-corrected chi connectivity index (χ4v) is 1.50. The van der Waals surface area contributed by atoms with Crippen molar-refractivity contribution in [3.05, 3.63) is 11.3 Å². The van der Waals surface area contributed by atoms with Crippen molar-refractivity contribution in [3.8, 4) is 0 Å². The number of hydrogen-bond acceptors (Lipinski definition) is 5. The number of aliphatic hydroxyl groups is 3. The van der Waals surface area contributed by atoms with E-state index < -0.39 is 24.3 Å². The minimum Gasteiger partial charge on any atom is -0.495 e. The van der Waals surface area contributed by atoms with E-state index in [2.05, 4.69) is 0 Å². The molecule has 1 rings (SSSR count). The molecule has 6 nitrogen and oxygen atoms in total. The summed E-state index contributed by atoms with van der Waals surface area (Å²) in [5.74, 6) is -1.42. The lowest BCUT2D eigenvalue weighted by atomic mass is 9.90. The molecule has 4 N–H and O–H groups in total. The molecule has 0 spiro atoms. The zero-order valence-electron chi connectivity index (χ0n) is 8.25. The average molecular weight is 218 g/mol. The highest BCUT2D eigenvalue weighted by atomic mass is 16.5. The lowest BCUT2D eigenvalue weighted by molar-refractivity contribution is -0.135. The van der Waals surface area contributed by atoms with Gasteiger partial charge in [0.05, 0.1) is 18.3 Å². The number of aliphatic hydroxyl groups excluding tert-OH is 3. The molecule has 3 unspecified atom stereocenters. The third-order valence-corrected chi connectivity index (χ3v) is 2.26. The van der Waals surface area contributed by atoms with Crippen molar-refractivity contribution in [3.63, 3.8) is 0 Å². The van der Waals surface area contributed by atoms with Crippen molar-refractivity contribution < 1.29 is 30.0 Å². The summed E-state index contributed by atoms with van der Waals surface area (Å²) < 4.78 is 4.97. The van der Waals surface area contributed by atoms with Crippen LogP contribution in [0, 0.1) is 0 Å². The summed E-state index contributed by atoms with van der Waals surface area (Å²) in [4.78, 5) is 10.8. The third-order valence-electron chi connectivity index (χ3n) is 2.26. The Morgan fingerprint density at radius 2 is 2.07 bits per heavy atom. The number of ether oxygens (including phenoxy) is 1. The van der Waals surface area contributed by atoms with Crippen molar-refractivity contribution >= 4 is 5.97 Å². The van der Waals surface area contributed by atoms with Gasteiger partial charge in [0.1, 0.15) is 18.0 Å². The van der Waals surface area contributed by atoms with Gasteiger partial charge < -0.3 is 25.2 Å². The van der Waals surface area contributed by atoms with Crippen LogP contribution < -0.4 is 0 Å². The van der Waals surface area contributed by atoms with Crippen LogP contribution in [-0.4, -0.2) is 51.3 Å². The van der Waals surface area contributed by atoms with Gasteiger partial charge in [-0.1, -0.05) is 0 Å². The van der Waals surface area contributed by atoms with Gasteiger partial charge in [-0.3, -0.25) is 0 Å². The number of carboxylic acids is 1. The molecule has 6 heteroatoms. The molecular weight excluding hydrogens is 204 g/mol. The highest BCUT2D eigenvalue weighted by Crippen LogP contribution is 2.27. The van der Waals surface area contributed by atoms with Crippen LogP contribution in [-0.2, 0) is 9.53 Å². The SMILES string of the molecule is CCOC1=C(C(=O)O)CC(O)C(O)C1O. The Morgan fingerprint density at radius 3 is 2.53 bits per heavy atom. The summed E-state index contributed by atoms with van der Waals surface area (Å²) in [6.45, 7) is 1.82. The molecule has 0 radical (unpaired) electrons. The van der Waals surface area contributed by atoms with Crippen molar-refractivity contribution in [1.29, 1.82) is 0 Å². The molecule has 0 aromatic rings. The first kappa shape index (κ1) is 12.0. The maximum absolute atomic E-state index is 10.8. The van der Waals surface area contributed by atoms with Gasteiger partial charge >= 0.3 is 5.97 Å². The zero-order valence-corrected chi connectivity index (χ0v) is 8.25. The molecular formula is C9H14O6. The van der Waals surface area contributed by atoms with Gasteiger partial charge in [-0.25, -0.2) is 4.79 Å². The Hall–Kier alpha value is -1.11. The second-order valence-corrected chi connectivity index (χ2v) is 3.29. The number of aliphatic carboxylic acids is 1. The molecule has 0 bridgehead atoms. The van der Waals surface area contributed by atoms with Crippen molar-refractivity contribution in [2.75, 3.05) is 6.61 Å². The van der Waals surface area contributed by atoms with Crippen LogP contribution in [0.2, 0.25) is 0 Å². The monoisotopic (exact) mass is 218 g/mol. The maximum Gasteiger partial charge on any atom is 0.335 e. The Balaban J connectivity index is 3.05. The number of hydrogen-bond donors (Lipinski definition) is 4. The summed E-state index contributed by atoms with van der Waals surface area (Å²) in [7, 11) is 0. The molecule has 15 heavy (non-hydrogen) atoms. The first-order valence-corrected chi connectivity index (χ1v) is 4.62. The van der Waals surface area contributed by atoms with Gasteiger partial charge in [-0.2, -0.15) is 0 Å². The van der Waals surface area contributed by atoms with Gasteiger partial charge in [-0.15, -0.1) is 0 Å². The third kappa shape index (κ3) is 2.28. The van der Waals surface area contributed by atoms with Crippen LogP contribution in [0.1, 0.15) is 13.3 Å². The minimum atomic E-state index is -1.49. The molecule has 1 aliphatic rings. The first-order valence-electron chi connectivity index (χ1n) is 4.62. The van der Waals surface area contributed by atoms with Gasteiger partial charge in [-0.05, 0) is 6.92 Å². The van der Waals surface area contributed by atoms with E-state index in [1.165, 1.54) is 0 Å². The van der Waals surface area contributed by atoms with Crippen molar-refractivity contribution in [1.82, 2.24) is 0 Å². The topological polar surface area (TPSA) is 107 Å². The van der Waals surface area contributed by atoms with Crippen LogP contribution in [0.25, 0.3) is 0 Å². The lowest BCUT2D eigenvalue weighted by Crippen LogP contribution is -2.44. The van der Waals surface area contributed by atoms with Crippen molar-refractivity contribution in [2.24, 2.45) is 0 Å². The normalized spacial score (nSPS) is 31.6. The summed E-state index contributed by atoms with van der Waals surface area (Å²) in [6, 6.07) is 0. The van der Waals surface area contributed by atoms with Crippen LogP contribution in [0.4, 0.5) is 0 Å². The minimum absolute atomic E-state index is 0.164.